The van der Waals surface area contributed by atoms with E-state index in [1.807, 2.05) is 23.8 Å². The van der Waals surface area contributed by atoms with Crippen LogP contribution in [0.25, 0.3) is 0 Å². The van der Waals surface area contributed by atoms with Crippen molar-refractivity contribution >= 4 is 17.2 Å². The molecule has 2 atom stereocenters. The van der Waals surface area contributed by atoms with Crippen LogP contribution in [0.3, 0.4) is 0 Å². The number of rotatable bonds is 5. The molecule has 0 bridgehead atoms. The number of alkyl halides is 3. The number of hydrogen-bond donors (Lipinski definition) is 1. The van der Waals surface area contributed by atoms with Crippen LogP contribution in [0, 0.1) is 0 Å². The normalized spacial score (nSPS) is 21.6. The number of piperidine rings is 1. The van der Waals surface area contributed by atoms with Crippen molar-refractivity contribution < 1.29 is 18.0 Å². The molecule has 1 fully saturated rings. The largest absolute Gasteiger partial charge is 0.406 e. The minimum Gasteiger partial charge on any atom is -0.332 e. The van der Waals surface area contributed by atoms with E-state index in [-0.39, 0.29) is 12.6 Å². The fourth-order valence-corrected chi connectivity index (χ4v) is 3.31. The molecule has 1 aliphatic heterocycles. The SMILES string of the molecule is C[C@H](Cc1ccsc1)N[C@H]1CCCN(CC(F)(F)F)C1=O. The minimum atomic E-state index is -4.33. The molecule has 0 radical (unpaired) electrons. The maximum absolute atomic E-state index is 12.4. The monoisotopic (exact) mass is 320 g/mol. The molecule has 21 heavy (non-hydrogen) atoms. The molecule has 118 valence electrons. The van der Waals surface area contributed by atoms with Gasteiger partial charge in [0.05, 0.1) is 6.04 Å². The summed E-state index contributed by atoms with van der Waals surface area (Å²) in [5.74, 6) is -0.434. The highest BCUT2D eigenvalue weighted by Gasteiger charge is 2.37. The first kappa shape index (κ1) is 16.3. The molecule has 2 heterocycles. The zero-order chi connectivity index (χ0) is 15.5. The molecule has 1 amide bonds. The lowest BCUT2D eigenvalue weighted by atomic mass is 10.0. The van der Waals surface area contributed by atoms with Crippen molar-refractivity contribution in [2.24, 2.45) is 0 Å². The Morgan fingerprint density at radius 2 is 2.29 bits per heavy atom. The molecule has 2 rings (SSSR count). The lowest BCUT2D eigenvalue weighted by Gasteiger charge is -2.34. The van der Waals surface area contributed by atoms with Gasteiger partial charge in [-0.3, -0.25) is 4.79 Å². The second kappa shape index (κ2) is 6.79. The van der Waals surface area contributed by atoms with E-state index in [1.165, 1.54) is 5.56 Å². The predicted molar refractivity (Wildman–Crippen MR) is 76.3 cm³/mol. The zero-order valence-electron chi connectivity index (χ0n) is 11.8. The molecule has 1 N–H and O–H groups in total. The topological polar surface area (TPSA) is 32.3 Å². The molecule has 1 aliphatic rings. The summed E-state index contributed by atoms with van der Waals surface area (Å²) in [6.45, 7) is 0.992. The van der Waals surface area contributed by atoms with E-state index in [9.17, 15) is 18.0 Å². The lowest BCUT2D eigenvalue weighted by molar-refractivity contribution is -0.165. The number of amides is 1. The summed E-state index contributed by atoms with van der Waals surface area (Å²) in [6, 6.07) is 1.57. The number of nitrogens with one attached hydrogen (secondary N) is 1. The molecule has 0 aromatic carbocycles. The van der Waals surface area contributed by atoms with Crippen LogP contribution in [-0.4, -0.2) is 42.2 Å². The van der Waals surface area contributed by atoms with Crippen molar-refractivity contribution in [2.75, 3.05) is 13.1 Å². The average molecular weight is 320 g/mol. The summed E-state index contributed by atoms with van der Waals surface area (Å²) in [5.41, 5.74) is 1.18. The first-order valence-corrected chi connectivity index (χ1v) is 7.92. The van der Waals surface area contributed by atoms with Gasteiger partial charge in [-0.25, -0.2) is 0 Å². The fourth-order valence-electron chi connectivity index (χ4n) is 2.63. The highest BCUT2D eigenvalue weighted by atomic mass is 32.1. The Hall–Kier alpha value is -1.08. The molecular weight excluding hydrogens is 301 g/mol. The van der Waals surface area contributed by atoms with E-state index in [0.717, 1.165) is 11.3 Å². The van der Waals surface area contributed by atoms with Gasteiger partial charge < -0.3 is 10.2 Å². The first-order chi connectivity index (χ1) is 9.85. The van der Waals surface area contributed by atoms with Crippen LogP contribution < -0.4 is 5.32 Å². The van der Waals surface area contributed by atoms with Gasteiger partial charge in [0.25, 0.3) is 0 Å². The van der Waals surface area contributed by atoms with E-state index >= 15 is 0 Å². The summed E-state index contributed by atoms with van der Waals surface area (Å²) >= 11 is 1.61. The van der Waals surface area contributed by atoms with Gasteiger partial charge in [0.2, 0.25) is 5.91 Å². The molecule has 1 saturated heterocycles. The van der Waals surface area contributed by atoms with Crippen molar-refractivity contribution in [3.8, 4) is 0 Å². The van der Waals surface area contributed by atoms with Gasteiger partial charge in [-0.2, -0.15) is 24.5 Å². The number of thiophene rings is 1. The van der Waals surface area contributed by atoms with Crippen LogP contribution in [-0.2, 0) is 11.2 Å². The Morgan fingerprint density at radius 1 is 1.52 bits per heavy atom. The van der Waals surface area contributed by atoms with E-state index in [2.05, 4.69) is 5.32 Å². The highest BCUT2D eigenvalue weighted by Crippen LogP contribution is 2.21. The van der Waals surface area contributed by atoms with Gasteiger partial charge in [0, 0.05) is 12.6 Å². The van der Waals surface area contributed by atoms with Crippen molar-refractivity contribution in [3.63, 3.8) is 0 Å². The van der Waals surface area contributed by atoms with Crippen LogP contribution >= 0.6 is 11.3 Å². The predicted octanol–water partition coefficient (Wildman–Crippen LogP) is 2.82. The maximum atomic E-state index is 12.4. The molecule has 0 unspecified atom stereocenters. The fraction of sp³-hybridized carbons (Fsp3) is 0.643. The summed E-state index contributed by atoms with van der Waals surface area (Å²) in [7, 11) is 0. The summed E-state index contributed by atoms with van der Waals surface area (Å²) in [4.78, 5) is 13.0. The van der Waals surface area contributed by atoms with Crippen LogP contribution in [0.2, 0.25) is 0 Å². The van der Waals surface area contributed by atoms with Crippen LogP contribution in [0.5, 0.6) is 0 Å². The quantitative estimate of drug-likeness (QED) is 0.905. The van der Waals surface area contributed by atoms with Crippen LogP contribution in [0.1, 0.15) is 25.3 Å². The number of carbonyl (C=O) groups is 1. The maximum Gasteiger partial charge on any atom is 0.406 e. The number of likely N-dealkylation sites (tertiary alicyclic amines) is 1. The second-order valence-corrected chi connectivity index (χ2v) is 6.25. The smallest absolute Gasteiger partial charge is 0.332 e. The summed E-state index contributed by atoms with van der Waals surface area (Å²) in [6.07, 6.45) is -2.36. The molecule has 1 aromatic rings. The average Bonchev–Trinajstić information content (AvgIpc) is 2.85. The number of carbonyl (C=O) groups excluding carboxylic acids is 1. The summed E-state index contributed by atoms with van der Waals surface area (Å²) in [5, 5.41) is 7.19. The molecule has 7 heteroatoms. The minimum absolute atomic E-state index is 0.0550. The molecule has 1 aromatic heterocycles. The molecular formula is C14H19F3N2OS. The Kier molecular flexibility index (Phi) is 5.27. The van der Waals surface area contributed by atoms with Crippen molar-refractivity contribution in [2.45, 2.75) is 44.4 Å². The zero-order valence-corrected chi connectivity index (χ0v) is 12.6. The number of hydrogen-bond acceptors (Lipinski definition) is 3. The Balaban J connectivity index is 1.88. The van der Waals surface area contributed by atoms with Gasteiger partial charge in [-0.05, 0) is 48.6 Å². The third-order valence-corrected chi connectivity index (χ3v) is 4.24. The Morgan fingerprint density at radius 3 is 2.90 bits per heavy atom. The third-order valence-electron chi connectivity index (χ3n) is 3.51. The molecule has 0 aliphatic carbocycles. The van der Waals surface area contributed by atoms with E-state index in [4.69, 9.17) is 0 Å². The van der Waals surface area contributed by atoms with Crippen LogP contribution in [0.4, 0.5) is 13.2 Å². The molecule has 0 spiro atoms. The van der Waals surface area contributed by atoms with Gasteiger partial charge in [-0.15, -0.1) is 0 Å². The lowest BCUT2D eigenvalue weighted by Crippen LogP contribution is -2.55. The first-order valence-electron chi connectivity index (χ1n) is 6.98. The Labute approximate surface area is 126 Å². The van der Waals surface area contributed by atoms with E-state index in [1.54, 1.807) is 11.3 Å². The Bertz CT molecular complexity index is 461. The van der Waals surface area contributed by atoms with Gasteiger partial charge in [0.1, 0.15) is 6.54 Å². The van der Waals surface area contributed by atoms with Crippen molar-refractivity contribution in [1.82, 2.24) is 10.2 Å². The third kappa shape index (κ3) is 5.00. The van der Waals surface area contributed by atoms with Crippen molar-refractivity contribution in [3.05, 3.63) is 22.4 Å². The summed E-state index contributed by atoms with van der Waals surface area (Å²) < 4.78 is 37.3. The number of halogens is 3. The van der Waals surface area contributed by atoms with Gasteiger partial charge in [-0.1, -0.05) is 0 Å². The van der Waals surface area contributed by atoms with E-state index < -0.39 is 24.7 Å². The second-order valence-electron chi connectivity index (χ2n) is 5.47. The molecule has 3 nitrogen and oxygen atoms in total. The van der Waals surface area contributed by atoms with E-state index in [0.29, 0.717) is 12.8 Å². The van der Waals surface area contributed by atoms with Crippen molar-refractivity contribution in [1.29, 1.82) is 0 Å². The number of nitrogens with zero attached hydrogens (tertiary/aromatic N) is 1. The molecule has 0 saturated carbocycles. The standard InChI is InChI=1S/C14H19F3N2OS/c1-10(7-11-4-6-21-8-11)18-12-3-2-5-19(13(12)20)9-14(15,16)17/h4,6,8,10,12,18H,2-3,5,7,9H2,1H3/t10-,12+/m1/s1. The van der Waals surface area contributed by atoms with Gasteiger partial charge >= 0.3 is 6.18 Å². The highest BCUT2D eigenvalue weighted by molar-refractivity contribution is 7.07. The van der Waals surface area contributed by atoms with Crippen LogP contribution in [0.15, 0.2) is 16.8 Å². The van der Waals surface area contributed by atoms with Gasteiger partial charge in [0.15, 0.2) is 0 Å².